The Bertz CT molecular complexity index is 1220. The molecule has 0 fully saturated rings. The number of rotatable bonds is 7. The van der Waals surface area contributed by atoms with Gasteiger partial charge >= 0.3 is 0 Å². The molecular weight excluding hydrogens is 408 g/mol. The lowest BCUT2D eigenvalue weighted by Gasteiger charge is -2.16. The smallest absolute Gasteiger partial charge is 0.270 e. The van der Waals surface area contributed by atoms with E-state index in [9.17, 15) is 4.79 Å². The van der Waals surface area contributed by atoms with Crippen LogP contribution in [0.15, 0.2) is 65.2 Å². The van der Waals surface area contributed by atoms with Crippen molar-refractivity contribution >= 4 is 11.7 Å². The van der Waals surface area contributed by atoms with Crippen molar-refractivity contribution in [1.29, 1.82) is 0 Å². The number of benzene rings is 2. The van der Waals surface area contributed by atoms with E-state index in [1.807, 2.05) is 42.5 Å². The van der Waals surface area contributed by atoms with Crippen LogP contribution in [0.5, 0.6) is 0 Å². The van der Waals surface area contributed by atoms with Crippen LogP contribution in [0.3, 0.4) is 0 Å². The fourth-order valence-corrected chi connectivity index (χ4v) is 3.04. The van der Waals surface area contributed by atoms with E-state index < -0.39 is 0 Å². The molecule has 0 atom stereocenters. The summed E-state index contributed by atoms with van der Waals surface area (Å²) in [6.07, 6.45) is 1.56. The second-order valence-corrected chi connectivity index (χ2v) is 7.06. The van der Waals surface area contributed by atoms with Crippen molar-refractivity contribution in [2.24, 2.45) is 0 Å². The average Bonchev–Trinajstić information content (AvgIpc) is 3.33. The van der Waals surface area contributed by atoms with Gasteiger partial charge in [-0.15, -0.1) is 10.2 Å². The van der Waals surface area contributed by atoms with E-state index in [-0.39, 0.29) is 20.5 Å². The summed E-state index contributed by atoms with van der Waals surface area (Å²) >= 11 is 0. The molecule has 9 heteroatoms. The van der Waals surface area contributed by atoms with Gasteiger partial charge in [0.2, 0.25) is 5.89 Å². The Morgan fingerprint density at radius 3 is 2.50 bits per heavy atom. The van der Waals surface area contributed by atoms with Gasteiger partial charge in [-0.3, -0.25) is 4.79 Å². The number of nitrogen functional groups attached to an aromatic ring is 1. The molecule has 0 aliphatic heterocycles. The minimum Gasteiger partial charge on any atom is -0.414 e. The molecule has 0 spiro atoms. The second-order valence-electron chi connectivity index (χ2n) is 7.06. The van der Waals surface area contributed by atoms with Gasteiger partial charge in [-0.05, 0) is 24.3 Å². The molecule has 4 aromatic rings. The van der Waals surface area contributed by atoms with Gasteiger partial charge in [-0.2, -0.15) is 0 Å². The SMILES string of the molecule is COCCN(C)C(=O)c1ccc(-c2cnc(N)c(-c3nnc(-c4ccccc4)o3)n2)cc1.[HH].[HH]. The highest BCUT2D eigenvalue weighted by Crippen LogP contribution is 2.28. The van der Waals surface area contributed by atoms with E-state index >= 15 is 0 Å². The number of hydrogen-bond donors (Lipinski definition) is 1. The minimum atomic E-state index is -0.0861. The van der Waals surface area contributed by atoms with Crippen LogP contribution < -0.4 is 5.73 Å². The van der Waals surface area contributed by atoms with E-state index in [2.05, 4.69) is 20.2 Å². The highest BCUT2D eigenvalue weighted by molar-refractivity contribution is 5.94. The zero-order chi connectivity index (χ0) is 22.5. The molecule has 166 valence electrons. The van der Waals surface area contributed by atoms with Crippen LogP contribution in [0.2, 0.25) is 0 Å². The van der Waals surface area contributed by atoms with Crippen molar-refractivity contribution < 1.29 is 16.8 Å². The Balaban J connectivity index is 0.00000204. The number of methoxy groups -OCH3 is 1. The van der Waals surface area contributed by atoms with Crippen LogP contribution in [-0.4, -0.2) is 58.3 Å². The predicted octanol–water partition coefficient (Wildman–Crippen LogP) is 3.65. The van der Waals surface area contributed by atoms with Crippen LogP contribution in [0, 0.1) is 0 Å². The fraction of sp³-hybridized carbons (Fsp3) is 0.174. The number of hydrogen-bond acceptors (Lipinski definition) is 8. The summed E-state index contributed by atoms with van der Waals surface area (Å²) in [6.45, 7) is 0.991. The van der Waals surface area contributed by atoms with E-state index in [1.165, 1.54) is 0 Å². The van der Waals surface area contributed by atoms with Gasteiger partial charge in [0.15, 0.2) is 11.5 Å². The summed E-state index contributed by atoms with van der Waals surface area (Å²) in [6, 6.07) is 16.5. The summed E-state index contributed by atoms with van der Waals surface area (Å²) in [5, 5.41) is 8.16. The Morgan fingerprint density at radius 2 is 1.78 bits per heavy atom. The van der Waals surface area contributed by atoms with E-state index in [4.69, 9.17) is 14.9 Å². The maximum absolute atomic E-state index is 12.5. The molecular formula is C23H26N6O3. The quantitative estimate of drug-likeness (QED) is 0.468. The number of carbonyl (C=O) groups is 1. The number of amides is 1. The minimum absolute atomic E-state index is 0. The van der Waals surface area contributed by atoms with E-state index in [0.29, 0.717) is 36.0 Å². The van der Waals surface area contributed by atoms with Gasteiger partial charge in [0.05, 0.1) is 18.5 Å². The lowest BCUT2D eigenvalue weighted by Crippen LogP contribution is -2.29. The zero-order valence-corrected chi connectivity index (χ0v) is 17.7. The van der Waals surface area contributed by atoms with Gasteiger partial charge in [-0.1, -0.05) is 30.3 Å². The molecule has 0 saturated heterocycles. The van der Waals surface area contributed by atoms with Crippen molar-refractivity contribution in [2.45, 2.75) is 0 Å². The molecule has 9 nitrogen and oxygen atoms in total. The van der Waals surface area contributed by atoms with E-state index in [0.717, 1.165) is 11.1 Å². The molecule has 0 bridgehead atoms. The van der Waals surface area contributed by atoms with Gasteiger partial charge in [0.1, 0.15) is 0 Å². The Kier molecular flexibility index (Phi) is 6.18. The fourth-order valence-electron chi connectivity index (χ4n) is 3.04. The first-order chi connectivity index (χ1) is 15.6. The number of carbonyl (C=O) groups excluding carboxylic acids is 1. The topological polar surface area (TPSA) is 120 Å². The maximum atomic E-state index is 12.5. The first-order valence-corrected chi connectivity index (χ1v) is 9.93. The Labute approximate surface area is 187 Å². The van der Waals surface area contributed by atoms with Crippen molar-refractivity contribution in [2.75, 3.05) is 33.0 Å². The van der Waals surface area contributed by atoms with Crippen LogP contribution >= 0.6 is 0 Å². The molecule has 1 amide bonds. The maximum Gasteiger partial charge on any atom is 0.270 e. The zero-order valence-electron chi connectivity index (χ0n) is 17.7. The second kappa shape index (κ2) is 9.36. The molecule has 32 heavy (non-hydrogen) atoms. The average molecular weight is 435 g/mol. The van der Waals surface area contributed by atoms with Gasteiger partial charge < -0.3 is 19.8 Å². The standard InChI is InChI=1S/C23H22N6O3.2H2/c1-29(12-13-31-2)23(30)17-10-8-15(9-11-17)18-14-25-20(24)19(26-18)22-28-27-21(32-22)16-6-4-3-5-7-16;;/h3-11,14H,12-13H2,1-2H3,(H2,24,25);2*1H. The monoisotopic (exact) mass is 434 g/mol. The van der Waals surface area contributed by atoms with Crippen LogP contribution in [-0.2, 0) is 4.74 Å². The highest BCUT2D eigenvalue weighted by Gasteiger charge is 2.17. The lowest BCUT2D eigenvalue weighted by atomic mass is 10.1. The first-order valence-electron chi connectivity index (χ1n) is 9.93. The number of aromatic nitrogens is 4. The Hall–Kier alpha value is -4.11. The molecule has 2 N–H and O–H groups in total. The molecule has 0 unspecified atom stereocenters. The summed E-state index contributed by atoms with van der Waals surface area (Å²) in [4.78, 5) is 22.9. The summed E-state index contributed by atoms with van der Waals surface area (Å²) in [7, 11) is 3.34. The van der Waals surface area contributed by atoms with Crippen LogP contribution in [0.25, 0.3) is 34.3 Å². The van der Waals surface area contributed by atoms with Gasteiger partial charge in [-0.25, -0.2) is 9.97 Å². The molecule has 0 aliphatic rings. The van der Waals surface area contributed by atoms with Crippen LogP contribution in [0.4, 0.5) is 5.82 Å². The normalized spacial score (nSPS) is 10.8. The van der Waals surface area contributed by atoms with Crippen molar-refractivity contribution in [3.63, 3.8) is 0 Å². The predicted molar refractivity (Wildman–Crippen MR) is 124 cm³/mol. The summed E-state index contributed by atoms with van der Waals surface area (Å²) in [5.74, 6) is 0.649. The van der Waals surface area contributed by atoms with Crippen molar-refractivity contribution in [3.05, 3.63) is 66.4 Å². The molecule has 4 rings (SSSR count). The van der Waals surface area contributed by atoms with E-state index in [1.54, 1.807) is 37.4 Å². The third kappa shape index (κ3) is 4.47. The molecule has 2 aromatic heterocycles. The van der Waals surface area contributed by atoms with Crippen molar-refractivity contribution in [1.82, 2.24) is 25.1 Å². The largest absolute Gasteiger partial charge is 0.414 e. The van der Waals surface area contributed by atoms with Crippen molar-refractivity contribution in [3.8, 4) is 34.3 Å². The van der Waals surface area contributed by atoms with Gasteiger partial charge in [0.25, 0.3) is 11.8 Å². The molecule has 2 heterocycles. The van der Waals surface area contributed by atoms with Gasteiger partial charge in [0, 0.05) is 40.2 Å². The molecule has 2 aromatic carbocycles. The number of likely N-dealkylation sites (N-methyl/N-ethyl adjacent to an activating group) is 1. The summed E-state index contributed by atoms with van der Waals surface area (Å²) in [5.41, 5.74) is 9.04. The molecule has 0 radical (unpaired) electrons. The third-order valence-corrected chi connectivity index (χ3v) is 4.85. The number of anilines is 1. The van der Waals surface area contributed by atoms with Crippen LogP contribution in [0.1, 0.15) is 13.2 Å². The third-order valence-electron chi connectivity index (χ3n) is 4.85. The Morgan fingerprint density at radius 1 is 1.06 bits per heavy atom. The number of nitrogens with zero attached hydrogens (tertiary/aromatic N) is 5. The number of nitrogens with two attached hydrogens (primary N) is 1. The molecule has 0 aliphatic carbocycles. The number of ether oxygens (including phenoxy) is 1. The lowest BCUT2D eigenvalue weighted by molar-refractivity contribution is 0.0744. The first kappa shape index (κ1) is 21.1. The molecule has 0 saturated carbocycles. The summed E-state index contributed by atoms with van der Waals surface area (Å²) < 4.78 is 10.8. The highest BCUT2D eigenvalue weighted by atomic mass is 16.5.